The van der Waals surface area contributed by atoms with Gasteiger partial charge in [0.25, 0.3) is 5.91 Å². The topological polar surface area (TPSA) is 72.6 Å². The summed E-state index contributed by atoms with van der Waals surface area (Å²) in [6.45, 7) is 4.47. The van der Waals surface area contributed by atoms with Crippen LogP contribution in [0.15, 0.2) is 24.3 Å². The van der Waals surface area contributed by atoms with Crippen LogP contribution in [0.1, 0.15) is 43.5 Å². The average Bonchev–Trinajstić information content (AvgIpc) is 2.54. The van der Waals surface area contributed by atoms with Gasteiger partial charge in [-0.1, -0.05) is 12.1 Å². The van der Waals surface area contributed by atoms with Crippen molar-refractivity contribution >= 4 is 11.7 Å². The normalized spacial score (nSPS) is 19.6. The third-order valence-corrected chi connectivity index (χ3v) is 4.08. The third kappa shape index (κ3) is 3.85. The maximum absolute atomic E-state index is 12.6. The predicted octanol–water partition coefficient (Wildman–Crippen LogP) is 2.00. The largest absolute Gasteiger partial charge is 0.481 e. The summed E-state index contributed by atoms with van der Waals surface area (Å²) in [4.78, 5) is 25.8. The van der Waals surface area contributed by atoms with E-state index in [2.05, 4.69) is 0 Å². The summed E-state index contributed by atoms with van der Waals surface area (Å²) in [5.74, 6) is 0.474. The van der Waals surface area contributed by atoms with Crippen molar-refractivity contribution in [2.45, 2.75) is 45.3 Å². The summed E-state index contributed by atoms with van der Waals surface area (Å²) in [5, 5.41) is 0. The van der Waals surface area contributed by atoms with Gasteiger partial charge in [-0.3, -0.25) is 9.59 Å². The highest BCUT2D eigenvalue weighted by atomic mass is 16.5. The summed E-state index contributed by atoms with van der Waals surface area (Å²) < 4.78 is 5.73. The van der Waals surface area contributed by atoms with Gasteiger partial charge >= 0.3 is 0 Å². The Morgan fingerprint density at radius 3 is 2.86 bits per heavy atom. The number of ether oxygens (including phenoxy) is 1. The Labute approximate surface area is 131 Å². The zero-order valence-electron chi connectivity index (χ0n) is 13.2. The summed E-state index contributed by atoms with van der Waals surface area (Å²) >= 11 is 0. The van der Waals surface area contributed by atoms with E-state index in [1.54, 1.807) is 31.2 Å². The number of hydrogen-bond acceptors (Lipinski definition) is 4. The first-order chi connectivity index (χ1) is 10.5. The summed E-state index contributed by atoms with van der Waals surface area (Å²) in [7, 11) is 0. The molecule has 5 nitrogen and oxygen atoms in total. The first kappa shape index (κ1) is 16.5. The van der Waals surface area contributed by atoms with Gasteiger partial charge in [0.1, 0.15) is 5.75 Å². The highest BCUT2D eigenvalue weighted by Gasteiger charge is 2.29. The van der Waals surface area contributed by atoms with Crippen molar-refractivity contribution in [1.29, 1.82) is 0 Å². The van der Waals surface area contributed by atoms with Gasteiger partial charge in [-0.25, -0.2) is 0 Å². The number of carbonyl (C=O) groups excluding carboxylic acids is 2. The van der Waals surface area contributed by atoms with E-state index in [-0.39, 0.29) is 17.7 Å². The predicted molar refractivity (Wildman–Crippen MR) is 84.9 cm³/mol. The number of carbonyl (C=O) groups is 2. The number of benzene rings is 1. The fraction of sp³-hybridized carbons (Fsp3) is 0.529. The van der Waals surface area contributed by atoms with Gasteiger partial charge in [0.05, 0.1) is 0 Å². The highest BCUT2D eigenvalue weighted by molar-refractivity contribution is 5.94. The van der Waals surface area contributed by atoms with Gasteiger partial charge in [0.15, 0.2) is 11.9 Å². The molecule has 120 valence electrons. The van der Waals surface area contributed by atoms with Crippen LogP contribution >= 0.6 is 0 Å². The zero-order valence-corrected chi connectivity index (χ0v) is 13.2. The fourth-order valence-electron chi connectivity index (χ4n) is 2.81. The minimum atomic E-state index is -0.589. The highest BCUT2D eigenvalue weighted by Crippen LogP contribution is 2.20. The van der Waals surface area contributed by atoms with Gasteiger partial charge in [-0.05, 0) is 45.2 Å². The standard InChI is InChI=1S/C17H24N2O3/c1-12(20)14-6-5-8-16(10-14)22-13(2)17(21)19-9-4-3-7-15(19)11-18/h5-6,8,10,13,15H,3-4,7,9,11,18H2,1-2H3. The molecule has 1 aromatic rings. The van der Waals surface area contributed by atoms with Crippen LogP contribution in [-0.2, 0) is 4.79 Å². The molecule has 0 spiro atoms. The molecule has 1 fully saturated rings. The Bertz CT molecular complexity index is 544. The molecule has 2 rings (SSSR count). The Balaban J connectivity index is 2.04. The van der Waals surface area contributed by atoms with Crippen LogP contribution < -0.4 is 10.5 Å². The van der Waals surface area contributed by atoms with Gasteiger partial charge in [-0.15, -0.1) is 0 Å². The van der Waals surface area contributed by atoms with Crippen LogP contribution in [0.5, 0.6) is 5.75 Å². The number of likely N-dealkylation sites (tertiary alicyclic amines) is 1. The monoisotopic (exact) mass is 304 g/mol. The molecule has 0 saturated carbocycles. The lowest BCUT2D eigenvalue weighted by Gasteiger charge is -2.36. The molecule has 0 bridgehead atoms. The van der Waals surface area contributed by atoms with Crippen LogP contribution in [0.4, 0.5) is 0 Å². The van der Waals surface area contributed by atoms with Gasteiger partial charge in [0, 0.05) is 24.7 Å². The van der Waals surface area contributed by atoms with Crippen LogP contribution in [0, 0.1) is 0 Å². The molecule has 1 aromatic carbocycles. The number of nitrogens with two attached hydrogens (primary N) is 1. The van der Waals surface area contributed by atoms with Crippen LogP contribution in [-0.4, -0.2) is 41.8 Å². The van der Waals surface area contributed by atoms with Gasteiger partial charge in [0.2, 0.25) is 0 Å². The fourth-order valence-corrected chi connectivity index (χ4v) is 2.81. The number of hydrogen-bond donors (Lipinski definition) is 1. The van der Waals surface area contributed by atoms with Crippen molar-refractivity contribution in [3.8, 4) is 5.75 Å². The second-order valence-corrected chi connectivity index (χ2v) is 5.76. The molecule has 0 aromatic heterocycles. The quantitative estimate of drug-likeness (QED) is 0.844. The molecule has 0 radical (unpaired) electrons. The van der Waals surface area contributed by atoms with Crippen LogP contribution in [0.2, 0.25) is 0 Å². The number of Topliss-reactive ketones (excluding diaryl/α,β-unsaturated/α-hetero) is 1. The van der Waals surface area contributed by atoms with E-state index in [1.807, 2.05) is 4.90 Å². The van der Waals surface area contributed by atoms with Crippen LogP contribution in [0.3, 0.4) is 0 Å². The minimum absolute atomic E-state index is 0.0244. The van der Waals surface area contributed by atoms with Crippen molar-refractivity contribution in [1.82, 2.24) is 4.90 Å². The first-order valence-corrected chi connectivity index (χ1v) is 7.81. The van der Waals surface area contributed by atoms with E-state index in [0.717, 1.165) is 25.8 Å². The lowest BCUT2D eigenvalue weighted by atomic mass is 10.0. The SMILES string of the molecule is CC(=O)c1cccc(OC(C)C(=O)N2CCCCC2CN)c1. The van der Waals surface area contributed by atoms with E-state index in [9.17, 15) is 9.59 Å². The summed E-state index contributed by atoms with van der Waals surface area (Å²) in [6, 6.07) is 7.02. The Morgan fingerprint density at radius 1 is 1.41 bits per heavy atom. The van der Waals surface area contributed by atoms with E-state index in [1.165, 1.54) is 6.92 Å². The first-order valence-electron chi connectivity index (χ1n) is 7.81. The lowest BCUT2D eigenvalue weighted by Crippen LogP contribution is -2.51. The van der Waals surface area contributed by atoms with E-state index in [4.69, 9.17) is 10.5 Å². The zero-order chi connectivity index (χ0) is 16.1. The van der Waals surface area contributed by atoms with Crippen molar-refractivity contribution < 1.29 is 14.3 Å². The molecule has 0 aliphatic carbocycles. The molecule has 5 heteroatoms. The number of amides is 1. The van der Waals surface area contributed by atoms with E-state index < -0.39 is 6.10 Å². The van der Waals surface area contributed by atoms with Crippen molar-refractivity contribution in [2.75, 3.05) is 13.1 Å². The molecular formula is C17H24N2O3. The van der Waals surface area contributed by atoms with Crippen LogP contribution in [0.25, 0.3) is 0 Å². The number of rotatable bonds is 5. The van der Waals surface area contributed by atoms with Gasteiger partial charge in [-0.2, -0.15) is 0 Å². The Morgan fingerprint density at radius 2 is 2.18 bits per heavy atom. The smallest absolute Gasteiger partial charge is 0.263 e. The molecule has 2 unspecified atom stereocenters. The lowest BCUT2D eigenvalue weighted by molar-refractivity contribution is -0.141. The second-order valence-electron chi connectivity index (χ2n) is 5.76. The molecule has 2 N–H and O–H groups in total. The second kappa shape index (κ2) is 7.40. The summed E-state index contributed by atoms with van der Waals surface area (Å²) in [6.07, 6.45) is 2.49. The van der Waals surface area contributed by atoms with Crippen molar-refractivity contribution in [3.05, 3.63) is 29.8 Å². The molecular weight excluding hydrogens is 280 g/mol. The van der Waals surface area contributed by atoms with E-state index in [0.29, 0.717) is 17.9 Å². The average molecular weight is 304 g/mol. The molecule has 1 saturated heterocycles. The maximum atomic E-state index is 12.6. The Hall–Kier alpha value is -1.88. The molecule has 1 amide bonds. The van der Waals surface area contributed by atoms with Crippen molar-refractivity contribution in [2.24, 2.45) is 5.73 Å². The summed E-state index contributed by atoms with van der Waals surface area (Å²) in [5.41, 5.74) is 6.34. The molecule has 22 heavy (non-hydrogen) atoms. The maximum Gasteiger partial charge on any atom is 0.263 e. The van der Waals surface area contributed by atoms with E-state index >= 15 is 0 Å². The molecule has 2 atom stereocenters. The minimum Gasteiger partial charge on any atom is -0.481 e. The molecule has 1 heterocycles. The third-order valence-electron chi connectivity index (χ3n) is 4.08. The van der Waals surface area contributed by atoms with Gasteiger partial charge < -0.3 is 15.4 Å². The Kier molecular flexibility index (Phi) is 5.55. The number of piperidine rings is 1. The number of nitrogens with zero attached hydrogens (tertiary/aromatic N) is 1. The molecule has 1 aliphatic heterocycles. The molecule has 1 aliphatic rings. The van der Waals surface area contributed by atoms with Crippen molar-refractivity contribution in [3.63, 3.8) is 0 Å². The number of ketones is 1.